The third kappa shape index (κ3) is 4.53. The molecule has 0 spiro atoms. The van der Waals surface area contributed by atoms with Crippen LogP contribution < -0.4 is 15.5 Å². The number of rotatable bonds is 5. The van der Waals surface area contributed by atoms with Gasteiger partial charge in [-0.2, -0.15) is 0 Å². The van der Waals surface area contributed by atoms with Gasteiger partial charge in [0.05, 0.1) is 6.04 Å². The van der Waals surface area contributed by atoms with Crippen LogP contribution in [0.1, 0.15) is 59.2 Å². The molecule has 196 valence electrons. The van der Waals surface area contributed by atoms with Gasteiger partial charge in [0, 0.05) is 36.8 Å². The molecule has 2 unspecified atom stereocenters. The average Bonchev–Trinajstić information content (AvgIpc) is 3.52. The maximum absolute atomic E-state index is 13.4. The van der Waals surface area contributed by atoms with Crippen molar-refractivity contribution >= 4 is 23.2 Å². The van der Waals surface area contributed by atoms with Crippen LogP contribution in [0.25, 0.3) is 0 Å². The first-order valence-corrected chi connectivity index (χ1v) is 13.8. The SMILES string of the molecule is CCC(=O)N1CCC(NC(=O)C2Cc3c(C)cc(O)cc3N2)c2cc(CC3Cc4ccccc4C3)ccc21. The van der Waals surface area contributed by atoms with Crippen LogP contribution in [0.2, 0.25) is 0 Å². The molecule has 0 aromatic heterocycles. The van der Waals surface area contributed by atoms with Gasteiger partial charge in [0.15, 0.2) is 0 Å². The van der Waals surface area contributed by atoms with Crippen molar-refractivity contribution in [2.75, 3.05) is 16.8 Å². The summed E-state index contributed by atoms with van der Waals surface area (Å²) in [6, 6.07) is 18.1. The standard InChI is InChI=1S/C32H35N3O3/c1-3-31(37)35-11-10-27(34-32(38)29-18-25-19(2)12-24(36)17-28(25)33-29)26-16-20(8-9-30(26)35)13-21-14-22-6-4-5-7-23(22)15-21/h4-9,12,16-17,21,27,29,33,36H,3,10-11,13-15,18H2,1-2H3,(H,34,38). The number of nitrogens with zero attached hydrogens (tertiary/aromatic N) is 1. The normalized spacial score (nSPS) is 19.9. The van der Waals surface area contributed by atoms with Crippen LogP contribution in [0.4, 0.5) is 11.4 Å². The Morgan fingerprint density at radius 1 is 1.05 bits per heavy atom. The maximum Gasteiger partial charge on any atom is 0.243 e. The Morgan fingerprint density at radius 2 is 1.82 bits per heavy atom. The van der Waals surface area contributed by atoms with Crippen LogP contribution in [-0.4, -0.2) is 29.5 Å². The first-order chi connectivity index (χ1) is 18.4. The fourth-order valence-electron chi connectivity index (χ4n) is 6.59. The van der Waals surface area contributed by atoms with E-state index in [4.69, 9.17) is 0 Å². The van der Waals surface area contributed by atoms with Crippen LogP contribution in [0, 0.1) is 12.8 Å². The first kappa shape index (κ1) is 24.5. The summed E-state index contributed by atoms with van der Waals surface area (Å²) in [6.07, 6.45) is 4.90. The summed E-state index contributed by atoms with van der Waals surface area (Å²) in [7, 11) is 0. The molecule has 0 bridgehead atoms. The Labute approximate surface area is 224 Å². The Hall–Kier alpha value is -3.80. The lowest BCUT2D eigenvalue weighted by Crippen LogP contribution is -2.45. The molecular formula is C32H35N3O3. The number of phenols is 1. The van der Waals surface area contributed by atoms with Gasteiger partial charge < -0.3 is 20.6 Å². The topological polar surface area (TPSA) is 81.7 Å². The van der Waals surface area contributed by atoms with E-state index in [1.807, 2.05) is 18.7 Å². The smallest absolute Gasteiger partial charge is 0.243 e. The van der Waals surface area contributed by atoms with Crippen LogP contribution >= 0.6 is 0 Å². The summed E-state index contributed by atoms with van der Waals surface area (Å²) in [5.41, 5.74) is 8.99. The number of hydrogen-bond acceptors (Lipinski definition) is 4. The number of benzene rings is 3. The molecule has 38 heavy (non-hydrogen) atoms. The van der Waals surface area contributed by atoms with Gasteiger partial charge in [-0.25, -0.2) is 0 Å². The minimum absolute atomic E-state index is 0.0528. The molecule has 3 aromatic rings. The van der Waals surface area contributed by atoms with E-state index < -0.39 is 0 Å². The zero-order valence-corrected chi connectivity index (χ0v) is 22.1. The lowest BCUT2D eigenvalue weighted by Gasteiger charge is -2.35. The molecular weight excluding hydrogens is 474 g/mol. The summed E-state index contributed by atoms with van der Waals surface area (Å²) in [4.78, 5) is 28.1. The highest BCUT2D eigenvalue weighted by atomic mass is 16.3. The maximum atomic E-state index is 13.4. The molecule has 2 aliphatic heterocycles. The zero-order chi connectivity index (χ0) is 26.4. The average molecular weight is 510 g/mol. The minimum atomic E-state index is -0.385. The van der Waals surface area contributed by atoms with Crippen molar-refractivity contribution in [3.05, 3.63) is 88.0 Å². The van der Waals surface area contributed by atoms with Gasteiger partial charge in [-0.3, -0.25) is 9.59 Å². The lowest BCUT2D eigenvalue weighted by atomic mass is 9.90. The second-order valence-corrected chi connectivity index (χ2v) is 11.1. The Balaban J connectivity index is 1.22. The number of hydrogen-bond donors (Lipinski definition) is 3. The number of carbonyl (C=O) groups is 2. The molecule has 2 amide bonds. The van der Waals surface area contributed by atoms with Crippen molar-refractivity contribution in [1.29, 1.82) is 0 Å². The van der Waals surface area contributed by atoms with Gasteiger partial charge in [0.1, 0.15) is 11.8 Å². The molecule has 0 fully saturated rings. The molecule has 6 rings (SSSR count). The minimum Gasteiger partial charge on any atom is -0.508 e. The quantitative estimate of drug-likeness (QED) is 0.452. The predicted octanol–water partition coefficient (Wildman–Crippen LogP) is 5.00. The summed E-state index contributed by atoms with van der Waals surface area (Å²) in [5, 5.41) is 16.6. The number of anilines is 2. The number of aromatic hydroxyl groups is 1. The first-order valence-electron chi connectivity index (χ1n) is 13.8. The van der Waals surface area contributed by atoms with Crippen molar-refractivity contribution in [3.63, 3.8) is 0 Å². The van der Waals surface area contributed by atoms with Gasteiger partial charge in [-0.15, -0.1) is 0 Å². The monoisotopic (exact) mass is 509 g/mol. The summed E-state index contributed by atoms with van der Waals surface area (Å²) in [6.45, 7) is 4.44. The highest BCUT2D eigenvalue weighted by Crippen LogP contribution is 2.38. The Bertz CT molecular complexity index is 1390. The van der Waals surface area contributed by atoms with E-state index in [1.165, 1.54) is 16.7 Å². The van der Waals surface area contributed by atoms with Crippen LogP contribution in [0.15, 0.2) is 54.6 Å². The molecule has 0 radical (unpaired) electrons. The number of fused-ring (bicyclic) bond motifs is 3. The van der Waals surface area contributed by atoms with E-state index in [0.717, 1.165) is 47.3 Å². The number of aryl methyl sites for hydroxylation is 1. The molecule has 3 aliphatic rings. The van der Waals surface area contributed by atoms with E-state index in [2.05, 4.69) is 53.1 Å². The third-order valence-corrected chi connectivity index (χ3v) is 8.49. The van der Waals surface area contributed by atoms with Crippen molar-refractivity contribution < 1.29 is 14.7 Å². The third-order valence-electron chi connectivity index (χ3n) is 8.49. The van der Waals surface area contributed by atoms with Gasteiger partial charge in [-0.1, -0.05) is 43.3 Å². The van der Waals surface area contributed by atoms with Crippen LogP contribution in [-0.2, 0) is 35.3 Å². The van der Waals surface area contributed by atoms with Gasteiger partial charge in [0.2, 0.25) is 11.8 Å². The van der Waals surface area contributed by atoms with Crippen molar-refractivity contribution in [2.24, 2.45) is 5.92 Å². The lowest BCUT2D eigenvalue weighted by molar-refractivity contribution is -0.122. The Kier molecular flexibility index (Phi) is 6.34. The predicted molar refractivity (Wildman–Crippen MR) is 150 cm³/mol. The second kappa shape index (κ2) is 9.82. The molecule has 3 aromatic carbocycles. The summed E-state index contributed by atoms with van der Waals surface area (Å²) >= 11 is 0. The van der Waals surface area contributed by atoms with Crippen LogP contribution in [0.5, 0.6) is 5.75 Å². The molecule has 1 aliphatic carbocycles. The van der Waals surface area contributed by atoms with E-state index in [1.54, 1.807) is 12.1 Å². The van der Waals surface area contributed by atoms with E-state index in [-0.39, 0.29) is 29.6 Å². The van der Waals surface area contributed by atoms with Gasteiger partial charge in [-0.05, 0) is 84.0 Å². The summed E-state index contributed by atoms with van der Waals surface area (Å²) < 4.78 is 0. The summed E-state index contributed by atoms with van der Waals surface area (Å²) in [5.74, 6) is 0.826. The molecule has 0 saturated heterocycles. The molecule has 6 nitrogen and oxygen atoms in total. The van der Waals surface area contributed by atoms with Crippen molar-refractivity contribution in [2.45, 2.75) is 64.5 Å². The number of amides is 2. The highest BCUT2D eigenvalue weighted by molar-refractivity contribution is 5.95. The second-order valence-electron chi connectivity index (χ2n) is 11.1. The zero-order valence-electron chi connectivity index (χ0n) is 22.1. The van der Waals surface area contributed by atoms with E-state index in [9.17, 15) is 14.7 Å². The largest absolute Gasteiger partial charge is 0.508 e. The Morgan fingerprint density at radius 3 is 2.55 bits per heavy atom. The van der Waals surface area contributed by atoms with E-state index in [0.29, 0.717) is 31.7 Å². The molecule has 2 heterocycles. The molecule has 6 heteroatoms. The highest BCUT2D eigenvalue weighted by Gasteiger charge is 2.34. The van der Waals surface area contributed by atoms with E-state index >= 15 is 0 Å². The molecule has 2 atom stereocenters. The molecule has 0 saturated carbocycles. The number of carbonyl (C=O) groups excluding carboxylic acids is 2. The van der Waals surface area contributed by atoms with Crippen molar-refractivity contribution in [1.82, 2.24) is 5.32 Å². The van der Waals surface area contributed by atoms with Crippen molar-refractivity contribution in [3.8, 4) is 5.75 Å². The number of nitrogens with one attached hydrogen (secondary N) is 2. The fraction of sp³-hybridized carbons (Fsp3) is 0.375. The van der Waals surface area contributed by atoms with Gasteiger partial charge >= 0.3 is 0 Å². The number of phenolic OH excluding ortho intramolecular Hbond substituents is 1. The fourth-order valence-corrected chi connectivity index (χ4v) is 6.59. The van der Waals surface area contributed by atoms with Crippen LogP contribution in [0.3, 0.4) is 0 Å². The van der Waals surface area contributed by atoms with Gasteiger partial charge in [0.25, 0.3) is 0 Å². The molecule has 3 N–H and O–H groups in total.